The maximum atomic E-state index is 11.9. The Morgan fingerprint density at radius 1 is 1.41 bits per heavy atom. The van der Waals surface area contributed by atoms with Crippen LogP contribution >= 0.6 is 11.8 Å². The Labute approximate surface area is 105 Å². The fourth-order valence-corrected chi connectivity index (χ4v) is 2.46. The first-order valence-electron chi connectivity index (χ1n) is 5.63. The number of carbonyl (C=O) groups excluding carboxylic acids is 1. The smallest absolute Gasteiger partial charge is 0.326 e. The lowest BCUT2D eigenvalue weighted by Crippen LogP contribution is -2.45. The molecule has 1 N–H and O–H groups in total. The highest BCUT2D eigenvalue weighted by molar-refractivity contribution is 8.00. The van der Waals surface area contributed by atoms with Crippen LogP contribution in [0, 0.1) is 11.3 Å². The fourth-order valence-electron chi connectivity index (χ4n) is 1.93. The second kappa shape index (κ2) is 7.17. The van der Waals surface area contributed by atoms with Crippen molar-refractivity contribution in [2.75, 3.05) is 18.1 Å². The summed E-state index contributed by atoms with van der Waals surface area (Å²) < 4.78 is 0. The van der Waals surface area contributed by atoms with Gasteiger partial charge in [-0.25, -0.2) is 4.79 Å². The molecule has 1 aliphatic heterocycles. The highest BCUT2D eigenvalue weighted by Crippen LogP contribution is 2.18. The normalized spacial score (nSPS) is 20.4. The van der Waals surface area contributed by atoms with E-state index in [1.165, 1.54) is 16.7 Å². The van der Waals surface area contributed by atoms with Gasteiger partial charge < -0.3 is 10.0 Å². The van der Waals surface area contributed by atoms with Gasteiger partial charge in [0.05, 0.1) is 17.6 Å². The third-order valence-corrected chi connectivity index (χ3v) is 3.53. The van der Waals surface area contributed by atoms with Gasteiger partial charge in [-0.05, 0) is 12.8 Å². The second-order valence-electron chi connectivity index (χ2n) is 3.94. The third-order valence-electron chi connectivity index (χ3n) is 2.75. The first-order valence-corrected chi connectivity index (χ1v) is 6.79. The molecule has 1 saturated heterocycles. The van der Waals surface area contributed by atoms with Crippen LogP contribution in [0.5, 0.6) is 0 Å². The Kier molecular flexibility index (Phi) is 5.84. The molecule has 0 aliphatic carbocycles. The van der Waals surface area contributed by atoms with Gasteiger partial charge in [0.25, 0.3) is 0 Å². The molecule has 1 amide bonds. The van der Waals surface area contributed by atoms with E-state index in [4.69, 9.17) is 10.4 Å². The average molecular weight is 256 g/mol. The molecule has 1 unspecified atom stereocenters. The van der Waals surface area contributed by atoms with E-state index < -0.39 is 12.0 Å². The zero-order valence-corrected chi connectivity index (χ0v) is 10.4. The van der Waals surface area contributed by atoms with Crippen molar-refractivity contribution in [1.29, 1.82) is 5.26 Å². The van der Waals surface area contributed by atoms with Crippen LogP contribution in [0.1, 0.15) is 25.7 Å². The van der Waals surface area contributed by atoms with Crippen molar-refractivity contribution in [3.8, 4) is 6.07 Å². The molecular weight excluding hydrogens is 240 g/mol. The minimum absolute atomic E-state index is 0.167. The number of thioether (sulfide) groups is 1. The van der Waals surface area contributed by atoms with E-state index in [-0.39, 0.29) is 17.4 Å². The van der Waals surface area contributed by atoms with Gasteiger partial charge in [-0.1, -0.05) is 12.8 Å². The molecule has 1 fully saturated rings. The Balaban J connectivity index is 2.59. The topological polar surface area (TPSA) is 81.4 Å². The number of likely N-dealkylation sites (tertiary alicyclic amines) is 1. The summed E-state index contributed by atoms with van der Waals surface area (Å²) in [5.74, 6) is -0.639. The lowest BCUT2D eigenvalue weighted by molar-refractivity contribution is -0.149. The first-order chi connectivity index (χ1) is 8.16. The molecule has 1 aliphatic rings. The maximum absolute atomic E-state index is 11.9. The summed E-state index contributed by atoms with van der Waals surface area (Å²) in [6.07, 6.45) is 3.22. The van der Waals surface area contributed by atoms with Crippen molar-refractivity contribution in [2.24, 2.45) is 0 Å². The van der Waals surface area contributed by atoms with Gasteiger partial charge in [-0.15, -0.1) is 11.8 Å². The molecule has 0 aromatic carbocycles. The molecule has 94 valence electrons. The molecule has 6 heteroatoms. The summed E-state index contributed by atoms with van der Waals surface area (Å²) >= 11 is 1.23. The highest BCUT2D eigenvalue weighted by atomic mass is 32.2. The van der Waals surface area contributed by atoms with E-state index in [1.54, 1.807) is 0 Å². The number of hydrogen-bond donors (Lipinski definition) is 1. The zero-order chi connectivity index (χ0) is 12.7. The minimum atomic E-state index is -0.925. The van der Waals surface area contributed by atoms with Crippen LogP contribution in [0.25, 0.3) is 0 Å². The van der Waals surface area contributed by atoms with Crippen molar-refractivity contribution >= 4 is 23.6 Å². The molecule has 0 saturated carbocycles. The number of carbonyl (C=O) groups is 2. The van der Waals surface area contributed by atoms with Crippen LogP contribution in [-0.4, -0.2) is 46.0 Å². The minimum Gasteiger partial charge on any atom is -0.480 e. The standard InChI is InChI=1S/C11H16N2O3S/c12-5-7-17-8-10(14)13-6-3-1-2-4-9(13)11(15)16/h9H,1-4,6-8H2,(H,15,16). The Hall–Kier alpha value is -1.22. The van der Waals surface area contributed by atoms with Crippen molar-refractivity contribution in [3.63, 3.8) is 0 Å². The number of nitrogens with zero attached hydrogens (tertiary/aromatic N) is 2. The van der Waals surface area contributed by atoms with Crippen molar-refractivity contribution in [3.05, 3.63) is 0 Å². The first kappa shape index (κ1) is 13.8. The summed E-state index contributed by atoms with van der Waals surface area (Å²) in [6, 6.07) is 1.26. The molecule has 1 atom stereocenters. The number of nitriles is 1. The van der Waals surface area contributed by atoms with Crippen LogP contribution in [0.4, 0.5) is 0 Å². The van der Waals surface area contributed by atoms with Gasteiger partial charge >= 0.3 is 5.97 Å². The number of hydrogen-bond acceptors (Lipinski definition) is 4. The fraction of sp³-hybridized carbons (Fsp3) is 0.727. The highest BCUT2D eigenvalue weighted by Gasteiger charge is 2.30. The van der Waals surface area contributed by atoms with Crippen LogP contribution in [-0.2, 0) is 9.59 Å². The molecule has 0 radical (unpaired) electrons. The van der Waals surface area contributed by atoms with Gasteiger partial charge in [0, 0.05) is 6.54 Å². The number of aliphatic carboxylic acids is 1. The molecule has 0 spiro atoms. The quantitative estimate of drug-likeness (QED) is 0.762. The molecule has 5 nitrogen and oxygen atoms in total. The van der Waals surface area contributed by atoms with E-state index in [1.807, 2.05) is 6.07 Å². The summed E-state index contributed by atoms with van der Waals surface area (Å²) in [6.45, 7) is 0.517. The zero-order valence-electron chi connectivity index (χ0n) is 9.59. The molecule has 0 aromatic heterocycles. The van der Waals surface area contributed by atoms with Crippen molar-refractivity contribution < 1.29 is 14.7 Å². The lowest BCUT2D eigenvalue weighted by Gasteiger charge is -2.26. The summed E-state index contributed by atoms with van der Waals surface area (Å²) in [5, 5.41) is 17.5. The van der Waals surface area contributed by atoms with Crippen molar-refractivity contribution in [2.45, 2.75) is 31.7 Å². The third kappa shape index (κ3) is 4.27. The summed E-state index contributed by atoms with van der Waals surface area (Å²) in [7, 11) is 0. The predicted octanol–water partition coefficient (Wildman–Crippen LogP) is 1.10. The maximum Gasteiger partial charge on any atom is 0.326 e. The largest absolute Gasteiger partial charge is 0.480 e. The second-order valence-corrected chi connectivity index (χ2v) is 4.93. The van der Waals surface area contributed by atoms with Crippen LogP contribution in [0.3, 0.4) is 0 Å². The van der Waals surface area contributed by atoms with Crippen molar-refractivity contribution in [1.82, 2.24) is 4.90 Å². The van der Waals surface area contributed by atoms with Gasteiger partial charge in [0.1, 0.15) is 6.04 Å². The van der Waals surface area contributed by atoms with E-state index in [0.29, 0.717) is 13.0 Å². The van der Waals surface area contributed by atoms with E-state index >= 15 is 0 Å². The molecule has 0 aromatic rings. The van der Waals surface area contributed by atoms with E-state index in [9.17, 15) is 9.59 Å². The number of amides is 1. The number of carboxylic acids is 1. The molecular formula is C11H16N2O3S. The van der Waals surface area contributed by atoms with Gasteiger partial charge in [-0.2, -0.15) is 5.26 Å². The average Bonchev–Trinajstić information content (AvgIpc) is 2.54. The van der Waals surface area contributed by atoms with E-state index in [0.717, 1.165) is 19.3 Å². The Morgan fingerprint density at radius 3 is 2.82 bits per heavy atom. The number of carboxylic acid groups (broad SMARTS) is 1. The molecule has 1 rings (SSSR count). The van der Waals surface area contributed by atoms with Crippen LogP contribution in [0.2, 0.25) is 0 Å². The number of rotatable bonds is 4. The van der Waals surface area contributed by atoms with Gasteiger partial charge in [0.2, 0.25) is 5.91 Å². The molecule has 1 heterocycles. The summed E-state index contributed by atoms with van der Waals surface area (Å²) in [4.78, 5) is 24.4. The summed E-state index contributed by atoms with van der Waals surface area (Å²) in [5.41, 5.74) is 0. The Morgan fingerprint density at radius 2 is 2.18 bits per heavy atom. The predicted molar refractivity (Wildman–Crippen MR) is 64.5 cm³/mol. The van der Waals surface area contributed by atoms with Crippen LogP contribution < -0.4 is 0 Å². The Bertz CT molecular complexity index is 327. The SMILES string of the molecule is N#CCSCC(=O)N1CCCCCC1C(=O)O. The lowest BCUT2D eigenvalue weighted by atomic mass is 10.1. The van der Waals surface area contributed by atoms with Crippen LogP contribution in [0.15, 0.2) is 0 Å². The monoisotopic (exact) mass is 256 g/mol. The molecule has 0 bridgehead atoms. The van der Waals surface area contributed by atoms with Gasteiger partial charge in [0.15, 0.2) is 0 Å². The van der Waals surface area contributed by atoms with Gasteiger partial charge in [-0.3, -0.25) is 4.79 Å². The molecule has 17 heavy (non-hydrogen) atoms. The van der Waals surface area contributed by atoms with E-state index in [2.05, 4.69) is 0 Å².